The smallest absolute Gasteiger partial charge is 0.252 e. The first kappa shape index (κ1) is 25.5. The number of fused-ring (bicyclic) bond motifs is 1. The minimum Gasteiger partial charge on any atom is -0.494 e. The maximum absolute atomic E-state index is 13.0. The molecule has 3 aromatic carbocycles. The number of rotatable bonds is 10. The monoisotopic (exact) mass is 483 g/mol. The molecule has 1 N–H and O–H groups in total. The third-order valence-corrected chi connectivity index (χ3v) is 6.64. The molecule has 5 nitrogen and oxygen atoms in total. The Bertz CT molecular complexity index is 1320. The fourth-order valence-electron chi connectivity index (χ4n) is 4.58. The van der Waals surface area contributed by atoms with Gasteiger partial charge in [-0.25, -0.2) is 4.98 Å². The number of imidazole rings is 1. The lowest BCUT2D eigenvalue weighted by Gasteiger charge is -2.17. The van der Waals surface area contributed by atoms with Crippen LogP contribution < -0.4 is 10.1 Å². The van der Waals surface area contributed by atoms with Crippen LogP contribution >= 0.6 is 0 Å². The van der Waals surface area contributed by atoms with Gasteiger partial charge in [0.2, 0.25) is 0 Å². The van der Waals surface area contributed by atoms with Gasteiger partial charge in [0, 0.05) is 12.1 Å². The molecule has 188 valence electrons. The maximum atomic E-state index is 13.0. The van der Waals surface area contributed by atoms with Gasteiger partial charge in [0.1, 0.15) is 11.6 Å². The largest absolute Gasteiger partial charge is 0.494 e. The van der Waals surface area contributed by atoms with Crippen LogP contribution in [0.5, 0.6) is 5.75 Å². The SMILES string of the molecule is Cc1ccc(C(=O)NC(C)c2nc3ccccc3n2CCCCOc2ccc(C(C)C)cc2)c(C)c1. The van der Waals surface area contributed by atoms with E-state index in [-0.39, 0.29) is 11.9 Å². The summed E-state index contributed by atoms with van der Waals surface area (Å²) in [6.07, 6.45) is 1.89. The van der Waals surface area contributed by atoms with Crippen molar-refractivity contribution >= 4 is 16.9 Å². The normalized spacial score (nSPS) is 12.2. The molecular weight excluding hydrogens is 446 g/mol. The highest BCUT2D eigenvalue weighted by atomic mass is 16.5. The summed E-state index contributed by atoms with van der Waals surface area (Å²) in [5.74, 6) is 2.23. The van der Waals surface area contributed by atoms with Gasteiger partial charge in [-0.05, 0) is 81.0 Å². The number of nitrogens with one attached hydrogen (secondary N) is 1. The van der Waals surface area contributed by atoms with E-state index in [9.17, 15) is 4.79 Å². The first-order chi connectivity index (χ1) is 17.3. The topological polar surface area (TPSA) is 56.2 Å². The Morgan fingerprint density at radius 1 is 0.972 bits per heavy atom. The van der Waals surface area contributed by atoms with Crippen molar-refractivity contribution in [3.8, 4) is 5.75 Å². The molecule has 0 aliphatic carbocycles. The number of para-hydroxylation sites is 2. The standard InChI is InChI=1S/C31H37N3O2/c1-21(2)25-13-15-26(16-14-25)36-19-9-8-18-34-29-11-7-6-10-28(29)33-30(34)24(5)32-31(35)27-17-12-22(3)20-23(27)4/h6-7,10-17,20-21,24H,8-9,18-19H2,1-5H3,(H,32,35). The van der Waals surface area contributed by atoms with Crippen LogP contribution in [0.2, 0.25) is 0 Å². The van der Waals surface area contributed by atoms with Gasteiger partial charge in [-0.15, -0.1) is 0 Å². The summed E-state index contributed by atoms with van der Waals surface area (Å²) in [6, 6.07) is 22.2. The van der Waals surface area contributed by atoms with Crippen LogP contribution in [0.15, 0.2) is 66.7 Å². The number of nitrogens with zero attached hydrogens (tertiary/aromatic N) is 2. The van der Waals surface area contributed by atoms with E-state index in [0.717, 1.165) is 53.1 Å². The molecule has 0 saturated heterocycles. The molecule has 0 saturated carbocycles. The minimum absolute atomic E-state index is 0.0736. The van der Waals surface area contributed by atoms with Crippen LogP contribution in [-0.2, 0) is 6.54 Å². The van der Waals surface area contributed by atoms with E-state index in [0.29, 0.717) is 18.1 Å². The Morgan fingerprint density at radius 3 is 2.44 bits per heavy atom. The van der Waals surface area contributed by atoms with Crippen LogP contribution in [0.4, 0.5) is 0 Å². The van der Waals surface area contributed by atoms with Crippen molar-refractivity contribution in [2.75, 3.05) is 6.61 Å². The van der Waals surface area contributed by atoms with E-state index in [4.69, 9.17) is 9.72 Å². The number of ether oxygens (including phenoxy) is 1. The van der Waals surface area contributed by atoms with E-state index in [2.05, 4.69) is 54.1 Å². The Kier molecular flexibility index (Phi) is 8.09. The number of unbranched alkanes of at least 4 members (excludes halogenated alkanes) is 1. The van der Waals surface area contributed by atoms with Crippen molar-refractivity contribution in [3.05, 3.63) is 94.8 Å². The van der Waals surface area contributed by atoms with Gasteiger partial charge in [0.05, 0.1) is 23.7 Å². The van der Waals surface area contributed by atoms with Gasteiger partial charge < -0.3 is 14.6 Å². The Balaban J connectivity index is 1.40. The predicted octanol–water partition coefficient (Wildman–Crippen LogP) is 7.13. The third kappa shape index (κ3) is 5.96. The summed E-state index contributed by atoms with van der Waals surface area (Å²) >= 11 is 0. The molecule has 1 unspecified atom stereocenters. The van der Waals surface area contributed by atoms with Gasteiger partial charge in [-0.2, -0.15) is 0 Å². The molecule has 0 aliphatic heterocycles. The van der Waals surface area contributed by atoms with Gasteiger partial charge in [0.25, 0.3) is 5.91 Å². The minimum atomic E-state index is -0.221. The Labute approximate surface area is 214 Å². The van der Waals surface area contributed by atoms with E-state index in [1.165, 1.54) is 5.56 Å². The zero-order chi connectivity index (χ0) is 25.7. The summed E-state index contributed by atoms with van der Waals surface area (Å²) in [5.41, 5.74) is 6.18. The number of amides is 1. The summed E-state index contributed by atoms with van der Waals surface area (Å²) < 4.78 is 8.20. The fourth-order valence-corrected chi connectivity index (χ4v) is 4.58. The quantitative estimate of drug-likeness (QED) is 0.244. The molecule has 0 radical (unpaired) electrons. The predicted molar refractivity (Wildman–Crippen MR) is 147 cm³/mol. The second kappa shape index (κ2) is 11.4. The summed E-state index contributed by atoms with van der Waals surface area (Å²) in [7, 11) is 0. The second-order valence-corrected chi connectivity index (χ2v) is 9.90. The van der Waals surface area contributed by atoms with Gasteiger partial charge in [-0.1, -0.05) is 55.8 Å². The zero-order valence-electron chi connectivity index (χ0n) is 22.0. The van der Waals surface area contributed by atoms with Crippen molar-refractivity contribution in [2.45, 2.75) is 66.0 Å². The zero-order valence-corrected chi connectivity index (χ0v) is 22.0. The lowest BCUT2D eigenvalue weighted by atomic mass is 10.0. The molecule has 0 fully saturated rings. The molecule has 0 aliphatic rings. The number of hydrogen-bond acceptors (Lipinski definition) is 3. The number of carbonyl (C=O) groups excluding carboxylic acids is 1. The first-order valence-corrected chi connectivity index (χ1v) is 12.9. The van der Waals surface area contributed by atoms with Crippen molar-refractivity contribution in [3.63, 3.8) is 0 Å². The molecule has 5 heteroatoms. The first-order valence-electron chi connectivity index (χ1n) is 12.9. The van der Waals surface area contributed by atoms with Gasteiger partial charge >= 0.3 is 0 Å². The van der Waals surface area contributed by atoms with E-state index < -0.39 is 0 Å². The van der Waals surface area contributed by atoms with Crippen LogP contribution in [0, 0.1) is 13.8 Å². The summed E-state index contributed by atoms with van der Waals surface area (Å²) in [4.78, 5) is 17.9. The highest BCUT2D eigenvalue weighted by molar-refractivity contribution is 5.96. The molecule has 1 aromatic heterocycles. The van der Waals surface area contributed by atoms with Crippen molar-refractivity contribution < 1.29 is 9.53 Å². The van der Waals surface area contributed by atoms with E-state index in [1.54, 1.807) is 0 Å². The van der Waals surface area contributed by atoms with Crippen LogP contribution in [-0.4, -0.2) is 22.1 Å². The maximum Gasteiger partial charge on any atom is 0.252 e. The van der Waals surface area contributed by atoms with E-state index >= 15 is 0 Å². The molecule has 1 heterocycles. The van der Waals surface area contributed by atoms with Crippen molar-refractivity contribution in [1.29, 1.82) is 0 Å². The highest BCUT2D eigenvalue weighted by Gasteiger charge is 2.19. The molecule has 1 amide bonds. The molecule has 36 heavy (non-hydrogen) atoms. The van der Waals surface area contributed by atoms with E-state index in [1.807, 2.05) is 57.2 Å². The number of carbonyl (C=O) groups is 1. The number of aromatic nitrogens is 2. The van der Waals surface area contributed by atoms with Crippen LogP contribution in [0.25, 0.3) is 11.0 Å². The molecule has 0 spiro atoms. The molecule has 4 rings (SSSR count). The molecular formula is C31H37N3O2. The molecule has 0 bridgehead atoms. The lowest BCUT2D eigenvalue weighted by molar-refractivity contribution is 0.0937. The number of hydrogen-bond donors (Lipinski definition) is 1. The Morgan fingerprint density at radius 2 is 1.72 bits per heavy atom. The lowest BCUT2D eigenvalue weighted by Crippen LogP contribution is -2.29. The van der Waals surface area contributed by atoms with Crippen LogP contribution in [0.3, 0.4) is 0 Å². The molecule has 1 atom stereocenters. The third-order valence-electron chi connectivity index (χ3n) is 6.64. The second-order valence-electron chi connectivity index (χ2n) is 9.90. The van der Waals surface area contributed by atoms with Crippen LogP contribution in [0.1, 0.15) is 78.4 Å². The fraction of sp³-hybridized carbons (Fsp3) is 0.355. The van der Waals surface area contributed by atoms with Gasteiger partial charge in [-0.3, -0.25) is 4.79 Å². The molecule has 4 aromatic rings. The average molecular weight is 484 g/mol. The van der Waals surface area contributed by atoms with Crippen molar-refractivity contribution in [1.82, 2.24) is 14.9 Å². The van der Waals surface area contributed by atoms with Gasteiger partial charge in [0.15, 0.2) is 0 Å². The number of aryl methyl sites for hydroxylation is 3. The highest BCUT2D eigenvalue weighted by Crippen LogP contribution is 2.23. The Hall–Kier alpha value is -3.60. The average Bonchev–Trinajstić information content (AvgIpc) is 3.23. The van der Waals surface area contributed by atoms with Crippen molar-refractivity contribution in [2.24, 2.45) is 0 Å². The summed E-state index contributed by atoms with van der Waals surface area (Å²) in [6.45, 7) is 11.9. The summed E-state index contributed by atoms with van der Waals surface area (Å²) in [5, 5.41) is 3.16. The number of benzene rings is 3.